The molecule has 3 amide bonds. The minimum Gasteiger partial charge on any atom is -0.478 e. The van der Waals surface area contributed by atoms with Gasteiger partial charge in [0, 0.05) is 39.3 Å². The number of nitrogens with one attached hydrogen (secondary N) is 2. The Hall–Kier alpha value is -5.60. The Morgan fingerprint density at radius 1 is 0.833 bits per heavy atom. The first kappa shape index (κ1) is 32.3. The highest BCUT2D eigenvalue weighted by Crippen LogP contribution is 2.36. The minimum absolute atomic E-state index is 0.0153. The molecule has 0 atom stereocenters. The van der Waals surface area contributed by atoms with Crippen molar-refractivity contribution < 1.29 is 37.1 Å². The standard InChI is InChI=1S/C33H32F3N7O5/c34-33(35,36)28-27(48-32(40-28)43-14-12-22(13-15-43)21-6-2-1-3-7-21)29(44)38-23-10-11-26(37-20-23)41-16-18-42(19-17-41)31(47)39-25-9-5-4-8-24(25)30(45)46/h1-11,20,22H,12-19H2,(H,38,44)(H,39,47)(H,45,46). The number of para-hydroxylation sites is 1. The van der Waals surface area contributed by atoms with Crippen LogP contribution in [0.5, 0.6) is 0 Å². The van der Waals surface area contributed by atoms with Gasteiger partial charge in [-0.25, -0.2) is 14.6 Å². The van der Waals surface area contributed by atoms with Crippen LogP contribution in [0.25, 0.3) is 0 Å². The predicted octanol–water partition coefficient (Wildman–Crippen LogP) is 5.78. The van der Waals surface area contributed by atoms with Crippen LogP contribution >= 0.6 is 0 Å². The molecule has 4 heterocycles. The number of carboxylic acids is 1. The van der Waals surface area contributed by atoms with Crippen molar-refractivity contribution in [1.29, 1.82) is 0 Å². The molecule has 2 aliphatic heterocycles. The zero-order valence-corrected chi connectivity index (χ0v) is 25.6. The number of anilines is 4. The molecule has 0 radical (unpaired) electrons. The van der Waals surface area contributed by atoms with Crippen molar-refractivity contribution in [3.05, 3.63) is 95.5 Å². The fraction of sp³-hybridized carbons (Fsp3) is 0.303. The molecule has 0 aliphatic carbocycles. The predicted molar refractivity (Wildman–Crippen MR) is 171 cm³/mol. The first-order chi connectivity index (χ1) is 23.1. The van der Waals surface area contributed by atoms with Crippen molar-refractivity contribution in [2.24, 2.45) is 0 Å². The van der Waals surface area contributed by atoms with Crippen LogP contribution in [0.15, 0.2) is 77.3 Å². The number of halogens is 3. The molecule has 4 aromatic rings. The Morgan fingerprint density at radius 2 is 1.52 bits per heavy atom. The molecular formula is C33H32F3N7O5. The van der Waals surface area contributed by atoms with Gasteiger partial charge in [0.2, 0.25) is 5.76 Å². The van der Waals surface area contributed by atoms with Gasteiger partial charge in [0.25, 0.3) is 11.9 Å². The lowest BCUT2D eigenvalue weighted by Gasteiger charge is -2.35. The van der Waals surface area contributed by atoms with Crippen molar-refractivity contribution in [2.45, 2.75) is 24.9 Å². The molecule has 3 N–H and O–H groups in total. The summed E-state index contributed by atoms with van der Waals surface area (Å²) in [5.74, 6) is -2.36. The quantitative estimate of drug-likeness (QED) is 0.224. The number of aromatic carboxylic acids is 1. The third-order valence-corrected chi connectivity index (χ3v) is 8.42. The molecule has 0 spiro atoms. The average molecular weight is 664 g/mol. The third kappa shape index (κ3) is 7.19. The molecule has 0 bridgehead atoms. The largest absolute Gasteiger partial charge is 0.478 e. The highest BCUT2D eigenvalue weighted by molar-refractivity contribution is 6.03. The number of carbonyl (C=O) groups excluding carboxylic acids is 2. The summed E-state index contributed by atoms with van der Waals surface area (Å²) in [6.45, 7) is 2.37. The third-order valence-electron chi connectivity index (χ3n) is 8.42. The second-order valence-corrected chi connectivity index (χ2v) is 11.5. The van der Waals surface area contributed by atoms with Crippen molar-refractivity contribution >= 4 is 41.1 Å². The topological polar surface area (TPSA) is 144 Å². The smallest absolute Gasteiger partial charge is 0.437 e. The fourth-order valence-electron chi connectivity index (χ4n) is 5.87. The number of urea groups is 1. The van der Waals surface area contributed by atoms with Crippen LogP contribution in [0.1, 0.15) is 50.9 Å². The molecule has 2 aromatic carbocycles. The number of oxazole rings is 1. The van der Waals surface area contributed by atoms with Gasteiger partial charge in [-0.15, -0.1) is 0 Å². The monoisotopic (exact) mass is 663 g/mol. The maximum absolute atomic E-state index is 13.9. The normalized spacial score (nSPS) is 15.7. The molecule has 48 heavy (non-hydrogen) atoms. The number of piperazine rings is 1. The van der Waals surface area contributed by atoms with Gasteiger partial charge >= 0.3 is 18.2 Å². The molecule has 250 valence electrons. The number of piperidine rings is 1. The van der Waals surface area contributed by atoms with Gasteiger partial charge in [0.15, 0.2) is 5.69 Å². The lowest BCUT2D eigenvalue weighted by atomic mass is 9.90. The highest BCUT2D eigenvalue weighted by atomic mass is 19.4. The zero-order valence-electron chi connectivity index (χ0n) is 25.6. The van der Waals surface area contributed by atoms with Crippen LogP contribution < -0.4 is 20.4 Å². The van der Waals surface area contributed by atoms with E-state index in [0.717, 1.165) is 0 Å². The molecule has 2 saturated heterocycles. The van der Waals surface area contributed by atoms with Crippen molar-refractivity contribution in [2.75, 3.05) is 59.7 Å². The van der Waals surface area contributed by atoms with E-state index in [1.165, 1.54) is 30.0 Å². The van der Waals surface area contributed by atoms with Crippen LogP contribution in [0.2, 0.25) is 0 Å². The number of carboxylic acid groups (broad SMARTS) is 1. The number of amides is 3. The van der Waals surface area contributed by atoms with E-state index < -0.39 is 35.5 Å². The van der Waals surface area contributed by atoms with E-state index in [0.29, 0.717) is 57.9 Å². The van der Waals surface area contributed by atoms with E-state index in [4.69, 9.17) is 4.42 Å². The van der Waals surface area contributed by atoms with Crippen LogP contribution in [0, 0.1) is 0 Å². The Morgan fingerprint density at radius 3 is 2.17 bits per heavy atom. The first-order valence-corrected chi connectivity index (χ1v) is 15.4. The molecule has 2 aliphatic rings. The van der Waals surface area contributed by atoms with Gasteiger partial charge in [0.05, 0.1) is 23.1 Å². The lowest BCUT2D eigenvalue weighted by molar-refractivity contribution is -0.141. The fourth-order valence-corrected chi connectivity index (χ4v) is 5.87. The number of hydrogen-bond acceptors (Lipinski definition) is 8. The maximum atomic E-state index is 13.9. The minimum atomic E-state index is -4.91. The van der Waals surface area contributed by atoms with Crippen LogP contribution in [-0.4, -0.2) is 77.2 Å². The summed E-state index contributed by atoms with van der Waals surface area (Å²) < 4.78 is 47.2. The number of benzene rings is 2. The number of pyridine rings is 1. The SMILES string of the molecule is O=C(O)c1ccccc1NC(=O)N1CCN(c2ccc(NC(=O)c3oc(N4CCC(c5ccccc5)CC4)nc3C(F)(F)F)cn2)CC1. The second-order valence-electron chi connectivity index (χ2n) is 11.5. The molecule has 6 rings (SSSR count). The van der Waals surface area contributed by atoms with Crippen LogP contribution in [-0.2, 0) is 6.18 Å². The average Bonchev–Trinajstić information content (AvgIpc) is 3.56. The maximum Gasteiger partial charge on any atom is 0.437 e. The molecular weight excluding hydrogens is 631 g/mol. The number of nitrogens with zero attached hydrogens (tertiary/aromatic N) is 5. The molecule has 15 heteroatoms. The van der Waals surface area contributed by atoms with Gasteiger partial charge in [-0.3, -0.25) is 4.79 Å². The van der Waals surface area contributed by atoms with Gasteiger partial charge < -0.3 is 34.9 Å². The summed E-state index contributed by atoms with van der Waals surface area (Å²) in [6.07, 6.45) is -2.17. The number of carbonyl (C=O) groups is 3. The molecule has 2 aromatic heterocycles. The zero-order chi connectivity index (χ0) is 33.8. The molecule has 0 unspecified atom stereocenters. The first-order valence-electron chi connectivity index (χ1n) is 15.4. The molecule has 2 fully saturated rings. The van der Waals surface area contributed by atoms with Gasteiger partial charge in [0.1, 0.15) is 5.82 Å². The summed E-state index contributed by atoms with van der Waals surface area (Å²) in [4.78, 5) is 50.3. The van der Waals surface area contributed by atoms with E-state index in [9.17, 15) is 32.7 Å². The van der Waals surface area contributed by atoms with E-state index in [1.807, 2.05) is 35.2 Å². The number of hydrogen-bond donors (Lipinski definition) is 3. The second kappa shape index (κ2) is 13.6. The van der Waals surface area contributed by atoms with Crippen molar-refractivity contribution in [3.8, 4) is 0 Å². The summed E-state index contributed by atoms with van der Waals surface area (Å²) in [7, 11) is 0. The Kier molecular flexibility index (Phi) is 9.19. The van der Waals surface area contributed by atoms with E-state index in [1.54, 1.807) is 28.0 Å². The Balaban J connectivity index is 1.05. The number of alkyl halides is 3. The van der Waals surface area contributed by atoms with Crippen molar-refractivity contribution in [3.63, 3.8) is 0 Å². The Labute approximate surface area is 273 Å². The van der Waals surface area contributed by atoms with Gasteiger partial charge in [-0.1, -0.05) is 42.5 Å². The lowest BCUT2D eigenvalue weighted by Crippen LogP contribution is -2.50. The van der Waals surface area contributed by atoms with E-state index >= 15 is 0 Å². The number of aromatic nitrogens is 2. The summed E-state index contributed by atoms with van der Waals surface area (Å²) in [6, 6.07) is 18.5. The molecule has 12 nitrogen and oxygen atoms in total. The Bertz CT molecular complexity index is 1770. The van der Waals surface area contributed by atoms with Gasteiger partial charge in [-0.05, 0) is 48.6 Å². The van der Waals surface area contributed by atoms with Crippen LogP contribution in [0.3, 0.4) is 0 Å². The molecule has 0 saturated carbocycles. The van der Waals surface area contributed by atoms with Gasteiger partial charge in [-0.2, -0.15) is 18.2 Å². The highest BCUT2D eigenvalue weighted by Gasteiger charge is 2.42. The summed E-state index contributed by atoms with van der Waals surface area (Å²) >= 11 is 0. The van der Waals surface area contributed by atoms with Crippen LogP contribution in [0.4, 0.5) is 41.2 Å². The van der Waals surface area contributed by atoms with E-state index in [2.05, 4.69) is 20.6 Å². The van der Waals surface area contributed by atoms with Crippen molar-refractivity contribution in [1.82, 2.24) is 14.9 Å². The number of rotatable bonds is 7. The summed E-state index contributed by atoms with van der Waals surface area (Å²) in [5, 5.41) is 14.4. The summed E-state index contributed by atoms with van der Waals surface area (Å²) in [5.41, 5.74) is 0.126. The van der Waals surface area contributed by atoms with E-state index in [-0.39, 0.29) is 28.9 Å².